The topological polar surface area (TPSA) is 105 Å². The molecule has 0 atom stereocenters. The van der Waals surface area contributed by atoms with E-state index in [1.165, 1.54) is 37.1 Å². The van der Waals surface area contributed by atoms with Gasteiger partial charge in [0.05, 0.1) is 32.8 Å². The second-order valence-electron chi connectivity index (χ2n) is 11.5. The molecule has 10 heteroatoms. The van der Waals surface area contributed by atoms with Gasteiger partial charge in [-0.15, -0.1) is 0 Å². The molecule has 0 spiro atoms. The highest BCUT2D eigenvalue weighted by molar-refractivity contribution is 7.91. The zero-order valence-electron chi connectivity index (χ0n) is 28.0. The molecule has 0 bridgehead atoms. The smallest absolute Gasteiger partial charge is 0.238 e. The van der Waals surface area contributed by atoms with Crippen molar-refractivity contribution in [2.24, 2.45) is 0 Å². The van der Waals surface area contributed by atoms with Gasteiger partial charge in [0.2, 0.25) is 26.0 Å². The number of hydrogen-bond donors (Lipinski definition) is 0. The van der Waals surface area contributed by atoms with E-state index in [9.17, 15) is 16.8 Å². The van der Waals surface area contributed by atoms with Gasteiger partial charge in [-0.3, -0.25) is 0 Å². The average Bonchev–Trinajstić information content (AvgIpc) is 3.09. The lowest BCUT2D eigenvalue weighted by atomic mass is 10.2. The first kappa shape index (κ1) is 36.8. The molecule has 0 saturated heterocycles. The highest BCUT2D eigenvalue weighted by atomic mass is 32.2. The molecule has 0 N–H and O–H groups in total. The number of unbranched alkanes of at least 4 members (excludes halogenated alkanes) is 6. The van der Waals surface area contributed by atoms with E-state index in [1.54, 1.807) is 79.7 Å². The summed E-state index contributed by atoms with van der Waals surface area (Å²) in [7, 11) is -7.45. The van der Waals surface area contributed by atoms with Gasteiger partial charge in [0, 0.05) is 6.92 Å². The summed E-state index contributed by atoms with van der Waals surface area (Å²) < 4.78 is 75.8. The Labute approximate surface area is 285 Å². The van der Waals surface area contributed by atoms with Crippen LogP contribution in [0.4, 0.5) is 0 Å². The second-order valence-corrected chi connectivity index (χ2v) is 15.4. The van der Waals surface area contributed by atoms with Crippen LogP contribution < -0.4 is 18.9 Å². The van der Waals surface area contributed by atoms with Crippen molar-refractivity contribution in [1.29, 1.82) is 0 Å². The lowest BCUT2D eigenvalue weighted by Gasteiger charge is -2.17. The molecular formula is C38H46O8S2. The van der Waals surface area contributed by atoms with Gasteiger partial charge in [0.15, 0.2) is 0 Å². The Morgan fingerprint density at radius 3 is 1.02 bits per heavy atom. The third-order valence-electron chi connectivity index (χ3n) is 7.67. The van der Waals surface area contributed by atoms with Crippen molar-refractivity contribution in [1.82, 2.24) is 0 Å². The molecule has 258 valence electrons. The molecule has 0 heterocycles. The van der Waals surface area contributed by atoms with Crippen LogP contribution in [0.25, 0.3) is 0 Å². The minimum absolute atomic E-state index is 0.137. The molecule has 0 aliphatic rings. The summed E-state index contributed by atoms with van der Waals surface area (Å²) in [6.45, 7) is 7.21. The van der Waals surface area contributed by atoms with Crippen molar-refractivity contribution in [3.8, 4) is 23.0 Å². The van der Waals surface area contributed by atoms with Crippen molar-refractivity contribution in [3.63, 3.8) is 0 Å². The third kappa shape index (κ3) is 10.5. The van der Waals surface area contributed by atoms with E-state index < -0.39 is 26.0 Å². The summed E-state index contributed by atoms with van der Waals surface area (Å²) in [5.74, 6) is 2.12. The molecular weight excluding hydrogens is 649 g/mol. The molecule has 4 aromatic rings. The Hall–Kier alpha value is -4.02. The zero-order valence-corrected chi connectivity index (χ0v) is 29.6. The van der Waals surface area contributed by atoms with Gasteiger partial charge in [-0.05, 0) is 110 Å². The molecule has 0 aromatic heterocycles. The second kappa shape index (κ2) is 17.9. The first-order valence-electron chi connectivity index (χ1n) is 16.6. The van der Waals surface area contributed by atoms with Crippen molar-refractivity contribution in [2.45, 2.75) is 98.0 Å². The molecule has 0 radical (unpaired) electrons. The summed E-state index contributed by atoms with van der Waals surface area (Å²) in [4.78, 5) is 0.628. The Morgan fingerprint density at radius 2 is 0.729 bits per heavy atom. The van der Waals surface area contributed by atoms with Crippen molar-refractivity contribution < 1.29 is 35.8 Å². The number of benzene rings is 4. The first-order valence-corrected chi connectivity index (χ1v) is 19.6. The summed E-state index contributed by atoms with van der Waals surface area (Å²) in [5.41, 5.74) is 0. The van der Waals surface area contributed by atoms with E-state index in [0.29, 0.717) is 36.2 Å². The fourth-order valence-electron chi connectivity index (χ4n) is 4.94. The predicted molar refractivity (Wildman–Crippen MR) is 187 cm³/mol. The lowest BCUT2D eigenvalue weighted by molar-refractivity contribution is 0.0222. The van der Waals surface area contributed by atoms with Crippen LogP contribution in [-0.2, 0) is 19.7 Å². The van der Waals surface area contributed by atoms with Gasteiger partial charge in [0.25, 0.3) is 0 Å². The highest BCUT2D eigenvalue weighted by Crippen LogP contribution is 2.28. The van der Waals surface area contributed by atoms with E-state index in [0.717, 1.165) is 38.5 Å². The van der Waals surface area contributed by atoms with Gasteiger partial charge in [-0.1, -0.05) is 52.4 Å². The minimum atomic E-state index is -3.73. The molecule has 0 aliphatic heterocycles. The van der Waals surface area contributed by atoms with Gasteiger partial charge in [0.1, 0.15) is 23.0 Å². The number of hydrogen-bond acceptors (Lipinski definition) is 8. The van der Waals surface area contributed by atoms with Crippen LogP contribution in [0.3, 0.4) is 0 Å². The van der Waals surface area contributed by atoms with Crippen molar-refractivity contribution >= 4 is 19.7 Å². The number of sulfone groups is 2. The normalized spacial score (nSPS) is 11.8. The number of rotatable bonds is 20. The standard InChI is InChI=1S/C38H46O8S2/c1-4-6-8-10-28-43-31-12-20-35(21-13-31)47(39,40)37-24-16-33(17-25-37)45-30(3)46-34-18-26-38(27-19-34)48(41,42)36-22-14-32(15-23-36)44-29-11-9-7-5-2/h12-27,30H,4-11,28-29H2,1-3H3. The maximum Gasteiger partial charge on any atom is 0.238 e. The molecule has 0 amide bonds. The molecule has 4 aromatic carbocycles. The van der Waals surface area contributed by atoms with Gasteiger partial charge < -0.3 is 18.9 Å². The fourth-order valence-corrected chi connectivity index (χ4v) is 7.46. The first-order chi connectivity index (χ1) is 23.1. The fraction of sp³-hybridized carbons (Fsp3) is 0.368. The van der Waals surface area contributed by atoms with Crippen LogP contribution in [0, 0.1) is 0 Å². The molecule has 0 unspecified atom stereocenters. The largest absolute Gasteiger partial charge is 0.494 e. The van der Waals surface area contributed by atoms with E-state index in [4.69, 9.17) is 18.9 Å². The van der Waals surface area contributed by atoms with Gasteiger partial charge in [-0.25, -0.2) is 16.8 Å². The van der Waals surface area contributed by atoms with E-state index in [1.807, 2.05) is 0 Å². The summed E-state index contributed by atoms with van der Waals surface area (Å²) in [6.07, 6.45) is 8.07. The Morgan fingerprint density at radius 1 is 0.438 bits per heavy atom. The van der Waals surface area contributed by atoms with Gasteiger partial charge in [-0.2, -0.15) is 0 Å². The van der Waals surface area contributed by atoms with Crippen LogP contribution in [0.1, 0.15) is 72.1 Å². The molecule has 8 nitrogen and oxygen atoms in total. The van der Waals surface area contributed by atoms with Crippen LogP contribution in [0.5, 0.6) is 23.0 Å². The van der Waals surface area contributed by atoms with E-state index >= 15 is 0 Å². The van der Waals surface area contributed by atoms with Crippen LogP contribution >= 0.6 is 0 Å². The number of ether oxygens (including phenoxy) is 4. The highest BCUT2D eigenvalue weighted by Gasteiger charge is 2.20. The molecule has 0 aliphatic carbocycles. The van der Waals surface area contributed by atoms with E-state index in [-0.39, 0.29) is 19.6 Å². The summed E-state index contributed by atoms with van der Waals surface area (Å²) in [5, 5.41) is 0. The zero-order chi connectivity index (χ0) is 34.4. The maximum atomic E-state index is 13.2. The molecule has 0 fully saturated rings. The summed E-state index contributed by atoms with van der Waals surface area (Å²) >= 11 is 0. The van der Waals surface area contributed by atoms with Crippen LogP contribution in [-0.4, -0.2) is 36.3 Å². The lowest BCUT2D eigenvalue weighted by Crippen LogP contribution is -2.19. The minimum Gasteiger partial charge on any atom is -0.494 e. The Balaban J connectivity index is 1.28. The maximum absolute atomic E-state index is 13.2. The molecule has 4 rings (SSSR count). The average molecular weight is 695 g/mol. The Kier molecular flexibility index (Phi) is 13.8. The Bertz CT molecular complexity index is 1620. The van der Waals surface area contributed by atoms with E-state index in [2.05, 4.69) is 13.8 Å². The van der Waals surface area contributed by atoms with Gasteiger partial charge >= 0.3 is 0 Å². The monoisotopic (exact) mass is 694 g/mol. The summed E-state index contributed by atoms with van der Waals surface area (Å²) in [6, 6.07) is 25.1. The SMILES string of the molecule is CCCCCCOc1ccc(S(=O)(=O)c2ccc(OC(C)Oc3ccc(S(=O)(=O)c4ccc(OCCCCCC)cc4)cc3)cc2)cc1. The van der Waals surface area contributed by atoms with Crippen LogP contribution in [0.2, 0.25) is 0 Å². The van der Waals surface area contributed by atoms with Crippen LogP contribution in [0.15, 0.2) is 117 Å². The van der Waals surface area contributed by atoms with Crippen molar-refractivity contribution in [2.75, 3.05) is 13.2 Å². The molecule has 0 saturated carbocycles. The molecule has 48 heavy (non-hydrogen) atoms. The van der Waals surface area contributed by atoms with Crippen molar-refractivity contribution in [3.05, 3.63) is 97.1 Å². The quantitative estimate of drug-likeness (QED) is 0.0667. The third-order valence-corrected chi connectivity index (χ3v) is 11.2. The predicted octanol–water partition coefficient (Wildman–Crippen LogP) is 9.07.